The van der Waals surface area contributed by atoms with Gasteiger partial charge < -0.3 is 25.4 Å². The summed E-state index contributed by atoms with van der Waals surface area (Å²) in [6.45, 7) is 2.45. The summed E-state index contributed by atoms with van der Waals surface area (Å²) in [7, 11) is 3.78. The van der Waals surface area contributed by atoms with Gasteiger partial charge in [0.15, 0.2) is 0 Å². The molecule has 0 unspecified atom stereocenters. The number of hydrogen-bond acceptors (Lipinski definition) is 7. The highest BCUT2D eigenvalue weighted by Crippen LogP contribution is 2.34. The number of nitrogens with zero attached hydrogens (tertiary/aromatic N) is 5. The Morgan fingerprint density at radius 1 is 1.03 bits per heavy atom. The zero-order valence-electron chi connectivity index (χ0n) is 21.2. The summed E-state index contributed by atoms with van der Waals surface area (Å²) in [5, 5.41) is 13.3. The van der Waals surface area contributed by atoms with Gasteiger partial charge in [0, 0.05) is 61.6 Å². The maximum atomic E-state index is 13.3. The van der Waals surface area contributed by atoms with Crippen LogP contribution >= 0.6 is 23.2 Å². The molecule has 1 aromatic heterocycles. The van der Waals surface area contributed by atoms with E-state index in [2.05, 4.69) is 11.6 Å². The largest absolute Gasteiger partial charge is 0.362 e. The Morgan fingerprint density at radius 3 is 2.19 bits per heavy atom. The minimum Gasteiger partial charge on any atom is -0.362 e. The lowest BCUT2D eigenvalue weighted by molar-refractivity contribution is -0.385. The van der Waals surface area contributed by atoms with Gasteiger partial charge in [0.25, 0.3) is 5.91 Å². The zero-order chi connectivity index (χ0) is 26.4. The van der Waals surface area contributed by atoms with E-state index in [1.165, 1.54) is 11.0 Å². The van der Waals surface area contributed by atoms with E-state index < -0.39 is 16.2 Å². The fraction of sp³-hybridized carbons (Fsp3) is 0.360. The van der Waals surface area contributed by atoms with Crippen LogP contribution in [-0.2, 0) is 6.54 Å². The first-order chi connectivity index (χ1) is 17.3. The van der Waals surface area contributed by atoms with E-state index in [9.17, 15) is 19.7 Å². The van der Waals surface area contributed by atoms with Crippen molar-refractivity contribution < 1.29 is 9.72 Å². The molecule has 0 saturated carbocycles. The van der Waals surface area contributed by atoms with Crippen LogP contribution in [0.3, 0.4) is 0 Å². The third-order valence-corrected chi connectivity index (χ3v) is 6.30. The number of piperazine rings is 1. The van der Waals surface area contributed by atoms with Gasteiger partial charge in [-0.1, -0.05) is 29.8 Å². The van der Waals surface area contributed by atoms with Gasteiger partial charge in [-0.3, -0.25) is 19.7 Å². The van der Waals surface area contributed by atoms with Crippen molar-refractivity contribution in [1.29, 1.82) is 0 Å². The molecule has 1 amide bonds. The molecule has 1 aliphatic heterocycles. The van der Waals surface area contributed by atoms with Crippen LogP contribution in [0.4, 0.5) is 11.4 Å². The molecule has 1 fully saturated rings. The lowest BCUT2D eigenvalue weighted by atomic mass is 10.1. The maximum Gasteiger partial charge on any atom is 0.357 e. The third-order valence-electron chi connectivity index (χ3n) is 6.05. The van der Waals surface area contributed by atoms with Crippen molar-refractivity contribution in [3.05, 3.63) is 79.6 Å². The lowest BCUT2D eigenvalue weighted by Gasteiger charge is -2.36. The number of alkyl halides is 1. The molecule has 2 aromatic carbocycles. The number of likely N-dealkylation sites (N-methyl/N-ethyl adjacent to an activating group) is 1. The zero-order valence-corrected chi connectivity index (χ0v) is 22.7. The van der Waals surface area contributed by atoms with E-state index in [1.807, 2.05) is 48.2 Å². The Labute approximate surface area is 225 Å². The monoisotopic (exact) mass is 550 g/mol. The number of pyridine rings is 1. The number of carbonyl (C=O) groups excluding carboxylic acids is 1. The smallest absolute Gasteiger partial charge is 0.357 e. The number of carbonyl (C=O) groups is 1. The third kappa shape index (κ3) is 6.58. The van der Waals surface area contributed by atoms with Crippen molar-refractivity contribution in [2.75, 3.05) is 58.1 Å². The van der Waals surface area contributed by atoms with Crippen molar-refractivity contribution in [2.45, 2.75) is 6.54 Å². The number of hydrogen-bond donors (Lipinski definition) is 1. The predicted molar refractivity (Wildman–Crippen MR) is 150 cm³/mol. The van der Waals surface area contributed by atoms with Crippen molar-refractivity contribution in [2.24, 2.45) is 0 Å². The van der Waals surface area contributed by atoms with E-state index in [1.54, 1.807) is 29.2 Å². The Bertz CT molecular complexity index is 1290. The Kier molecular flexibility index (Phi) is 10.9. The molecular weight excluding hydrogens is 519 g/mol. The summed E-state index contributed by atoms with van der Waals surface area (Å²) in [6.07, 6.45) is 1.47. The van der Waals surface area contributed by atoms with Crippen LogP contribution in [0.2, 0.25) is 5.02 Å². The summed E-state index contributed by atoms with van der Waals surface area (Å²) in [5.74, 6) is -0.116. The fourth-order valence-electron chi connectivity index (χ4n) is 4.29. The van der Waals surface area contributed by atoms with Gasteiger partial charge in [0.1, 0.15) is 5.69 Å². The number of nitro groups is 1. The molecule has 1 saturated heterocycles. The van der Waals surface area contributed by atoms with Gasteiger partial charge in [-0.15, -0.1) is 11.6 Å². The van der Waals surface area contributed by atoms with Crippen molar-refractivity contribution in [1.82, 2.24) is 20.5 Å². The van der Waals surface area contributed by atoms with Crippen LogP contribution in [0.15, 0.2) is 53.3 Å². The SMILES string of the molecule is CCl.CN(C)CCn1c(=O)c([N+](=O)[O-])c(N2CCN(C(=O)c3ccc(Cl)cc3)CC2)c2ccccc21.N. The van der Waals surface area contributed by atoms with Crippen molar-refractivity contribution in [3.8, 4) is 0 Å². The molecule has 37 heavy (non-hydrogen) atoms. The van der Waals surface area contributed by atoms with Gasteiger partial charge in [0.2, 0.25) is 0 Å². The molecule has 0 aliphatic carbocycles. The summed E-state index contributed by atoms with van der Waals surface area (Å²) < 4.78 is 1.48. The van der Waals surface area contributed by atoms with Gasteiger partial charge >= 0.3 is 11.2 Å². The van der Waals surface area contributed by atoms with Gasteiger partial charge in [-0.05, 0) is 44.4 Å². The second kappa shape index (κ2) is 13.4. The molecule has 10 nitrogen and oxygen atoms in total. The van der Waals surface area contributed by atoms with Crippen LogP contribution in [0.1, 0.15) is 10.4 Å². The standard InChI is InChI=1S/C24H26ClN5O4.CH3Cl.H3N/c1-26(2)11-16-29-20-6-4-3-5-19(20)21(22(24(29)32)30(33)34)27-12-14-28(15-13-27)23(31)17-7-9-18(25)10-8-17;1-2;/h3-10H,11-16H2,1-2H3;1H3;1H3. The molecule has 12 heteroatoms. The molecule has 2 heterocycles. The highest BCUT2D eigenvalue weighted by Gasteiger charge is 2.32. The van der Waals surface area contributed by atoms with E-state index in [0.717, 1.165) is 0 Å². The van der Waals surface area contributed by atoms with Crippen LogP contribution in [0.25, 0.3) is 10.9 Å². The van der Waals surface area contributed by atoms with Crippen molar-refractivity contribution >= 4 is 51.4 Å². The normalized spacial score (nSPS) is 13.1. The van der Waals surface area contributed by atoms with Crippen LogP contribution in [0, 0.1) is 10.1 Å². The van der Waals surface area contributed by atoms with E-state index in [0.29, 0.717) is 66.4 Å². The number of amides is 1. The second-order valence-corrected chi connectivity index (χ2v) is 8.95. The van der Waals surface area contributed by atoms with Crippen LogP contribution in [-0.4, -0.2) is 78.4 Å². The Morgan fingerprint density at radius 2 is 1.62 bits per heavy atom. The minimum atomic E-state index is -0.611. The fourth-order valence-corrected chi connectivity index (χ4v) is 4.42. The highest BCUT2D eigenvalue weighted by molar-refractivity contribution is 6.30. The van der Waals surface area contributed by atoms with Crippen LogP contribution in [0.5, 0.6) is 0 Å². The molecule has 3 N–H and O–H groups in total. The number of anilines is 1. The summed E-state index contributed by atoms with van der Waals surface area (Å²) in [5.41, 5.74) is 0.493. The number of rotatable bonds is 6. The molecular formula is C25H32Cl2N6O4. The first kappa shape index (κ1) is 30.0. The van der Waals surface area contributed by atoms with Gasteiger partial charge in [-0.25, -0.2) is 0 Å². The number of halogens is 2. The summed E-state index contributed by atoms with van der Waals surface area (Å²) in [4.78, 5) is 43.1. The molecule has 0 spiro atoms. The Balaban J connectivity index is 0.00000157. The number of benzene rings is 2. The number of para-hydroxylation sites is 1. The van der Waals surface area contributed by atoms with Crippen LogP contribution < -0.4 is 16.6 Å². The van der Waals surface area contributed by atoms with E-state index >= 15 is 0 Å². The molecule has 4 rings (SSSR count). The van der Waals surface area contributed by atoms with Gasteiger partial charge in [0.05, 0.1) is 10.4 Å². The van der Waals surface area contributed by atoms with E-state index in [-0.39, 0.29) is 12.1 Å². The lowest BCUT2D eigenvalue weighted by Crippen LogP contribution is -2.49. The molecule has 0 atom stereocenters. The van der Waals surface area contributed by atoms with Crippen molar-refractivity contribution in [3.63, 3.8) is 0 Å². The van der Waals surface area contributed by atoms with Gasteiger partial charge in [-0.2, -0.15) is 0 Å². The first-order valence-corrected chi connectivity index (χ1v) is 12.5. The molecule has 1 aliphatic rings. The molecule has 200 valence electrons. The highest BCUT2D eigenvalue weighted by atomic mass is 35.5. The molecule has 3 aromatic rings. The van der Waals surface area contributed by atoms with E-state index in [4.69, 9.17) is 11.6 Å². The maximum absolute atomic E-state index is 13.3. The summed E-state index contributed by atoms with van der Waals surface area (Å²) >= 11 is 10.6. The quantitative estimate of drug-likeness (QED) is 0.278. The first-order valence-electron chi connectivity index (χ1n) is 11.4. The average Bonchev–Trinajstić information content (AvgIpc) is 2.88. The molecule has 0 bridgehead atoms. The Hall–Kier alpha value is -3.18. The predicted octanol–water partition coefficient (Wildman–Crippen LogP) is 4.10. The number of fused-ring (bicyclic) bond motifs is 1. The topological polar surface area (TPSA) is 127 Å². The summed E-state index contributed by atoms with van der Waals surface area (Å²) in [6, 6.07) is 14.0. The minimum absolute atomic E-state index is 0. The number of aromatic nitrogens is 1. The molecule has 0 radical (unpaired) electrons. The average molecular weight is 551 g/mol. The second-order valence-electron chi connectivity index (χ2n) is 8.52.